The summed E-state index contributed by atoms with van der Waals surface area (Å²) in [6.45, 7) is 5.99. The average molecular weight is 361 g/mol. The Morgan fingerprint density at radius 2 is 1.84 bits per heavy atom. The maximum atomic E-state index is 12.8. The van der Waals surface area contributed by atoms with Crippen molar-refractivity contribution < 1.29 is 9.59 Å². The smallest absolute Gasteiger partial charge is 0.257 e. The number of amides is 2. The molecular weight excluding hydrogens is 340 g/mol. The number of nitrogens with zero attached hydrogens (tertiary/aromatic N) is 4. The molecule has 3 rings (SSSR count). The molecule has 1 aromatic carbocycles. The molecule has 0 bridgehead atoms. The SMILES string of the molecule is CCC(=O)N1CCN(C(=O)c2cnn(-c3cccc(Cl)c3)c2C)CC1. The van der Waals surface area contributed by atoms with E-state index in [0.717, 1.165) is 11.4 Å². The van der Waals surface area contributed by atoms with Crippen molar-refractivity contribution in [3.05, 3.63) is 46.7 Å². The Balaban J connectivity index is 1.75. The highest BCUT2D eigenvalue weighted by molar-refractivity contribution is 6.30. The maximum absolute atomic E-state index is 12.8. The van der Waals surface area contributed by atoms with Crippen molar-refractivity contribution in [2.45, 2.75) is 20.3 Å². The molecule has 0 atom stereocenters. The van der Waals surface area contributed by atoms with Gasteiger partial charge in [0, 0.05) is 37.6 Å². The van der Waals surface area contributed by atoms with Gasteiger partial charge in [0.25, 0.3) is 5.91 Å². The van der Waals surface area contributed by atoms with E-state index in [4.69, 9.17) is 11.6 Å². The fraction of sp³-hybridized carbons (Fsp3) is 0.389. The van der Waals surface area contributed by atoms with Gasteiger partial charge in [0.1, 0.15) is 0 Å². The summed E-state index contributed by atoms with van der Waals surface area (Å²) in [6, 6.07) is 7.36. The molecule has 0 aliphatic carbocycles. The first-order valence-electron chi connectivity index (χ1n) is 8.39. The third-order valence-corrected chi connectivity index (χ3v) is 4.75. The normalized spacial score (nSPS) is 14.7. The molecule has 2 amide bonds. The molecule has 0 radical (unpaired) electrons. The summed E-state index contributed by atoms with van der Waals surface area (Å²) in [5.74, 6) is 0.0893. The first kappa shape index (κ1) is 17.5. The van der Waals surface area contributed by atoms with Crippen LogP contribution in [0.5, 0.6) is 0 Å². The second-order valence-corrected chi connectivity index (χ2v) is 6.50. The lowest BCUT2D eigenvalue weighted by Gasteiger charge is -2.34. The highest BCUT2D eigenvalue weighted by Crippen LogP contribution is 2.19. The van der Waals surface area contributed by atoms with Crippen molar-refractivity contribution in [2.75, 3.05) is 26.2 Å². The van der Waals surface area contributed by atoms with E-state index in [1.54, 1.807) is 21.8 Å². The van der Waals surface area contributed by atoms with Crippen LogP contribution in [0, 0.1) is 6.92 Å². The molecule has 1 saturated heterocycles. The zero-order valence-corrected chi connectivity index (χ0v) is 15.2. The van der Waals surface area contributed by atoms with Crippen LogP contribution in [0.1, 0.15) is 29.4 Å². The minimum Gasteiger partial charge on any atom is -0.339 e. The molecule has 2 heterocycles. The van der Waals surface area contributed by atoms with Crippen molar-refractivity contribution >= 4 is 23.4 Å². The van der Waals surface area contributed by atoms with Crippen LogP contribution in [-0.2, 0) is 4.79 Å². The molecule has 132 valence electrons. The lowest BCUT2D eigenvalue weighted by atomic mass is 10.2. The fourth-order valence-corrected chi connectivity index (χ4v) is 3.23. The van der Waals surface area contributed by atoms with E-state index in [9.17, 15) is 9.59 Å². The fourth-order valence-electron chi connectivity index (χ4n) is 3.04. The van der Waals surface area contributed by atoms with Gasteiger partial charge >= 0.3 is 0 Å². The van der Waals surface area contributed by atoms with E-state index in [-0.39, 0.29) is 11.8 Å². The van der Waals surface area contributed by atoms with Crippen molar-refractivity contribution in [1.29, 1.82) is 0 Å². The summed E-state index contributed by atoms with van der Waals surface area (Å²) in [5, 5.41) is 4.97. The van der Waals surface area contributed by atoms with Gasteiger partial charge in [0.05, 0.1) is 23.1 Å². The third-order valence-electron chi connectivity index (χ3n) is 4.52. The number of rotatable bonds is 3. The summed E-state index contributed by atoms with van der Waals surface area (Å²) in [6.07, 6.45) is 2.10. The number of halogens is 1. The van der Waals surface area contributed by atoms with E-state index in [2.05, 4.69) is 5.10 Å². The van der Waals surface area contributed by atoms with Crippen LogP contribution < -0.4 is 0 Å². The van der Waals surface area contributed by atoms with Gasteiger partial charge in [0.15, 0.2) is 0 Å². The van der Waals surface area contributed by atoms with Crippen LogP contribution in [0.25, 0.3) is 5.69 Å². The molecule has 1 fully saturated rings. The van der Waals surface area contributed by atoms with Gasteiger partial charge in [-0.15, -0.1) is 0 Å². The molecule has 6 nitrogen and oxygen atoms in total. The number of piperazine rings is 1. The van der Waals surface area contributed by atoms with Crippen LogP contribution in [0.15, 0.2) is 30.5 Å². The van der Waals surface area contributed by atoms with Crippen LogP contribution >= 0.6 is 11.6 Å². The van der Waals surface area contributed by atoms with E-state index < -0.39 is 0 Å². The Morgan fingerprint density at radius 1 is 1.16 bits per heavy atom. The van der Waals surface area contributed by atoms with Crippen molar-refractivity contribution in [1.82, 2.24) is 19.6 Å². The van der Waals surface area contributed by atoms with Crippen molar-refractivity contribution in [3.8, 4) is 5.69 Å². The summed E-state index contributed by atoms with van der Waals surface area (Å²) in [4.78, 5) is 28.2. The second-order valence-electron chi connectivity index (χ2n) is 6.06. The minimum absolute atomic E-state index is 0.0469. The summed E-state index contributed by atoms with van der Waals surface area (Å²) < 4.78 is 1.72. The Hall–Kier alpha value is -2.34. The molecule has 0 spiro atoms. The summed E-state index contributed by atoms with van der Waals surface area (Å²) in [5.41, 5.74) is 2.18. The number of hydrogen-bond donors (Lipinski definition) is 0. The standard InChI is InChI=1S/C18H21ClN4O2/c1-3-17(24)21-7-9-22(10-8-21)18(25)16-12-20-23(13(16)2)15-6-4-5-14(19)11-15/h4-6,11-12H,3,7-10H2,1-2H3. The Kier molecular flexibility index (Phi) is 5.08. The van der Waals surface area contributed by atoms with Crippen LogP contribution in [0.3, 0.4) is 0 Å². The van der Waals surface area contributed by atoms with Crippen molar-refractivity contribution in [3.63, 3.8) is 0 Å². The predicted octanol–water partition coefficient (Wildman–Crippen LogP) is 2.53. The Bertz CT molecular complexity index is 794. The Morgan fingerprint density at radius 3 is 2.48 bits per heavy atom. The molecule has 0 unspecified atom stereocenters. The number of aromatic nitrogens is 2. The number of benzene rings is 1. The van der Waals surface area contributed by atoms with Gasteiger partial charge in [-0.2, -0.15) is 5.10 Å². The largest absolute Gasteiger partial charge is 0.339 e. The van der Waals surface area contributed by atoms with Gasteiger partial charge in [-0.3, -0.25) is 9.59 Å². The van der Waals surface area contributed by atoms with Gasteiger partial charge in [0.2, 0.25) is 5.91 Å². The molecule has 1 aromatic heterocycles. The van der Waals surface area contributed by atoms with Crippen LogP contribution in [-0.4, -0.2) is 57.6 Å². The Labute approximate surface area is 152 Å². The molecule has 7 heteroatoms. The van der Waals surface area contributed by atoms with Gasteiger partial charge in [-0.25, -0.2) is 4.68 Å². The van der Waals surface area contributed by atoms with E-state index >= 15 is 0 Å². The molecule has 2 aromatic rings. The van der Waals surface area contributed by atoms with E-state index in [1.165, 1.54) is 0 Å². The number of carbonyl (C=O) groups is 2. The first-order valence-corrected chi connectivity index (χ1v) is 8.76. The first-order chi connectivity index (χ1) is 12.0. The molecule has 0 N–H and O–H groups in total. The monoisotopic (exact) mass is 360 g/mol. The third kappa shape index (κ3) is 3.54. The molecule has 1 aliphatic heterocycles. The minimum atomic E-state index is -0.0469. The quantitative estimate of drug-likeness (QED) is 0.845. The van der Waals surface area contributed by atoms with E-state index in [0.29, 0.717) is 43.2 Å². The lowest BCUT2D eigenvalue weighted by molar-refractivity contribution is -0.132. The summed E-state index contributed by atoms with van der Waals surface area (Å²) >= 11 is 6.04. The highest BCUT2D eigenvalue weighted by Gasteiger charge is 2.26. The van der Waals surface area contributed by atoms with Gasteiger partial charge < -0.3 is 9.80 Å². The molecule has 0 saturated carbocycles. The second kappa shape index (κ2) is 7.27. The molecular formula is C18H21ClN4O2. The topological polar surface area (TPSA) is 58.4 Å². The highest BCUT2D eigenvalue weighted by atomic mass is 35.5. The zero-order chi connectivity index (χ0) is 18.0. The number of hydrogen-bond acceptors (Lipinski definition) is 3. The lowest BCUT2D eigenvalue weighted by Crippen LogP contribution is -2.50. The van der Waals surface area contributed by atoms with Gasteiger partial charge in [-0.05, 0) is 25.1 Å². The average Bonchev–Trinajstić information content (AvgIpc) is 3.02. The van der Waals surface area contributed by atoms with E-state index in [1.807, 2.05) is 36.9 Å². The molecule has 25 heavy (non-hydrogen) atoms. The van der Waals surface area contributed by atoms with Crippen LogP contribution in [0.2, 0.25) is 5.02 Å². The zero-order valence-electron chi connectivity index (χ0n) is 14.4. The molecule has 1 aliphatic rings. The summed E-state index contributed by atoms with van der Waals surface area (Å²) in [7, 11) is 0. The van der Waals surface area contributed by atoms with Crippen LogP contribution in [0.4, 0.5) is 0 Å². The predicted molar refractivity (Wildman–Crippen MR) is 96.1 cm³/mol. The van der Waals surface area contributed by atoms with Gasteiger partial charge in [-0.1, -0.05) is 24.6 Å². The number of carbonyl (C=O) groups excluding carboxylic acids is 2. The van der Waals surface area contributed by atoms with Crippen molar-refractivity contribution in [2.24, 2.45) is 0 Å². The maximum Gasteiger partial charge on any atom is 0.257 e.